The molecule has 10 heteroatoms. The van der Waals surface area contributed by atoms with E-state index in [2.05, 4.69) is 10.6 Å². The molecule has 0 atom stereocenters. The number of carbonyl (C=O) groups excluding carboxylic acids is 2. The van der Waals surface area contributed by atoms with Gasteiger partial charge in [0, 0.05) is 11.9 Å². The van der Waals surface area contributed by atoms with Crippen LogP contribution in [-0.2, 0) is 14.9 Å². The number of benzene rings is 2. The van der Waals surface area contributed by atoms with E-state index in [9.17, 15) is 18.0 Å². The van der Waals surface area contributed by atoms with Gasteiger partial charge in [0.25, 0.3) is 21.9 Å². The molecule has 0 aliphatic carbocycles. The maximum Gasteiger partial charge on any atom is 0.294 e. The van der Waals surface area contributed by atoms with E-state index in [1.165, 1.54) is 18.2 Å². The topological polar surface area (TPSA) is 162 Å². The summed E-state index contributed by atoms with van der Waals surface area (Å²) < 4.78 is 30.9. The van der Waals surface area contributed by atoms with Crippen molar-refractivity contribution in [2.75, 3.05) is 10.6 Å². The molecule has 0 saturated carbocycles. The fraction of sp³-hybridized carbons (Fsp3) is 0. The number of para-hydroxylation sites is 1. The quantitative estimate of drug-likeness (QED) is 0.332. The molecule has 0 aromatic heterocycles. The molecule has 0 fully saturated rings. The van der Waals surface area contributed by atoms with Crippen molar-refractivity contribution in [1.29, 1.82) is 5.26 Å². The average Bonchev–Trinajstić information content (AvgIpc) is 2.62. The predicted molar refractivity (Wildman–Crippen MR) is 97.2 cm³/mol. The van der Waals surface area contributed by atoms with Crippen LogP contribution in [0.15, 0.2) is 65.2 Å². The molecule has 9 nitrogen and oxygen atoms in total. The second-order valence-corrected chi connectivity index (χ2v) is 6.60. The molecule has 2 amide bonds. The third-order valence-electron chi connectivity index (χ3n) is 3.34. The maximum atomic E-state index is 12.2. The van der Waals surface area contributed by atoms with Crippen molar-refractivity contribution in [1.82, 2.24) is 0 Å². The molecule has 5 N–H and O–H groups in total. The van der Waals surface area contributed by atoms with Gasteiger partial charge in [-0.3, -0.25) is 14.1 Å². The lowest BCUT2D eigenvalue weighted by Gasteiger charge is -2.08. The highest BCUT2D eigenvalue weighted by atomic mass is 32.2. The smallest absolute Gasteiger partial charge is 0.294 e. The molecule has 0 radical (unpaired) electrons. The Morgan fingerprint density at radius 1 is 1.11 bits per heavy atom. The molecule has 0 aliphatic heterocycles. The first-order valence-electron chi connectivity index (χ1n) is 7.37. The van der Waals surface area contributed by atoms with Crippen molar-refractivity contribution in [2.45, 2.75) is 4.90 Å². The summed E-state index contributed by atoms with van der Waals surface area (Å²) in [5, 5.41) is 14.2. The van der Waals surface area contributed by atoms with Crippen molar-refractivity contribution in [3.8, 4) is 6.07 Å². The van der Waals surface area contributed by atoms with Gasteiger partial charge in [-0.05, 0) is 36.4 Å². The number of nitrogens with one attached hydrogen (secondary N) is 2. The number of amides is 2. The summed E-state index contributed by atoms with van der Waals surface area (Å²) in [5.74, 6) is -1.44. The molecular weight excluding hydrogens is 372 g/mol. The van der Waals surface area contributed by atoms with Crippen LogP contribution in [0.25, 0.3) is 0 Å². The number of primary amides is 1. The van der Waals surface area contributed by atoms with E-state index >= 15 is 0 Å². The number of nitrogens with two attached hydrogens (primary N) is 1. The SMILES string of the molecule is N#C/C(=C/Nc1ccccc1C(N)=O)C(=O)Nc1ccc(S(=O)(=O)O)cc1. The normalized spacial score (nSPS) is 11.3. The number of carbonyl (C=O) groups is 2. The molecule has 0 bridgehead atoms. The number of anilines is 2. The fourth-order valence-electron chi connectivity index (χ4n) is 2.03. The zero-order valence-corrected chi connectivity index (χ0v) is 14.5. The summed E-state index contributed by atoms with van der Waals surface area (Å²) >= 11 is 0. The van der Waals surface area contributed by atoms with Crippen LogP contribution in [0, 0.1) is 11.3 Å². The fourth-order valence-corrected chi connectivity index (χ4v) is 2.51. The zero-order valence-electron chi connectivity index (χ0n) is 13.7. The Bertz CT molecular complexity index is 1050. The summed E-state index contributed by atoms with van der Waals surface area (Å²) in [6.45, 7) is 0. The van der Waals surface area contributed by atoms with E-state index < -0.39 is 21.9 Å². The van der Waals surface area contributed by atoms with E-state index in [-0.39, 0.29) is 21.7 Å². The van der Waals surface area contributed by atoms with E-state index in [1.54, 1.807) is 24.3 Å². The lowest BCUT2D eigenvalue weighted by atomic mass is 10.1. The van der Waals surface area contributed by atoms with E-state index in [1.807, 2.05) is 0 Å². The molecule has 0 aliphatic rings. The summed E-state index contributed by atoms with van der Waals surface area (Å²) in [7, 11) is -4.34. The van der Waals surface area contributed by atoms with Crippen LogP contribution in [0.3, 0.4) is 0 Å². The Kier molecular flexibility index (Phi) is 5.92. The highest BCUT2D eigenvalue weighted by Crippen LogP contribution is 2.16. The number of rotatable bonds is 6. The Morgan fingerprint density at radius 2 is 1.74 bits per heavy atom. The minimum atomic E-state index is -4.34. The van der Waals surface area contributed by atoms with Crippen LogP contribution in [0.1, 0.15) is 10.4 Å². The Morgan fingerprint density at radius 3 is 2.30 bits per heavy atom. The summed E-state index contributed by atoms with van der Waals surface area (Å²) in [6.07, 6.45) is 1.11. The van der Waals surface area contributed by atoms with Gasteiger partial charge in [-0.1, -0.05) is 12.1 Å². The molecule has 2 rings (SSSR count). The maximum absolute atomic E-state index is 12.2. The van der Waals surface area contributed by atoms with Crippen LogP contribution < -0.4 is 16.4 Å². The molecule has 2 aromatic carbocycles. The van der Waals surface area contributed by atoms with Gasteiger partial charge in [-0.25, -0.2) is 0 Å². The molecule has 138 valence electrons. The van der Waals surface area contributed by atoms with Crippen molar-refractivity contribution < 1.29 is 22.6 Å². The van der Waals surface area contributed by atoms with Gasteiger partial charge in [-0.2, -0.15) is 13.7 Å². The second-order valence-electron chi connectivity index (χ2n) is 5.18. The lowest BCUT2D eigenvalue weighted by molar-refractivity contribution is -0.112. The van der Waals surface area contributed by atoms with Crippen LogP contribution in [0.2, 0.25) is 0 Å². The number of hydrogen-bond donors (Lipinski definition) is 4. The van der Waals surface area contributed by atoms with Crippen LogP contribution >= 0.6 is 0 Å². The highest BCUT2D eigenvalue weighted by molar-refractivity contribution is 7.85. The van der Waals surface area contributed by atoms with Crippen LogP contribution in [-0.4, -0.2) is 24.8 Å². The third-order valence-corrected chi connectivity index (χ3v) is 4.21. The molecule has 27 heavy (non-hydrogen) atoms. The van der Waals surface area contributed by atoms with Crippen molar-refractivity contribution in [2.24, 2.45) is 5.73 Å². The molecular formula is C17H14N4O5S. The predicted octanol–water partition coefficient (Wildman–Crippen LogP) is 1.49. The Balaban J connectivity index is 2.16. The minimum absolute atomic E-state index is 0.187. The molecule has 0 heterocycles. The number of nitriles is 1. The average molecular weight is 386 g/mol. The van der Waals surface area contributed by atoms with Crippen molar-refractivity contribution >= 4 is 33.3 Å². The molecule has 0 saturated heterocycles. The van der Waals surface area contributed by atoms with Gasteiger partial charge in [0.15, 0.2) is 0 Å². The van der Waals surface area contributed by atoms with Gasteiger partial charge >= 0.3 is 0 Å². The monoisotopic (exact) mass is 386 g/mol. The third kappa shape index (κ3) is 5.15. The van der Waals surface area contributed by atoms with Crippen molar-refractivity contribution in [3.63, 3.8) is 0 Å². The number of nitrogens with zero attached hydrogens (tertiary/aromatic N) is 1. The lowest BCUT2D eigenvalue weighted by Crippen LogP contribution is -2.16. The van der Waals surface area contributed by atoms with E-state index in [4.69, 9.17) is 15.5 Å². The Hall–Kier alpha value is -3.68. The second kappa shape index (κ2) is 8.13. The molecule has 0 unspecified atom stereocenters. The van der Waals surface area contributed by atoms with Gasteiger partial charge in [0.1, 0.15) is 11.6 Å². The van der Waals surface area contributed by atoms with Gasteiger partial charge in [0.05, 0.1) is 16.1 Å². The first-order chi connectivity index (χ1) is 12.7. The first-order valence-corrected chi connectivity index (χ1v) is 8.81. The number of hydrogen-bond acceptors (Lipinski definition) is 6. The van der Waals surface area contributed by atoms with Gasteiger partial charge in [-0.15, -0.1) is 0 Å². The zero-order chi connectivity index (χ0) is 20.0. The van der Waals surface area contributed by atoms with Gasteiger partial charge in [0.2, 0.25) is 0 Å². The summed E-state index contributed by atoms with van der Waals surface area (Å²) in [6, 6.07) is 12.7. The largest absolute Gasteiger partial charge is 0.366 e. The summed E-state index contributed by atoms with van der Waals surface area (Å²) in [5.41, 5.74) is 5.68. The molecule has 0 spiro atoms. The Labute approximate surface area is 154 Å². The van der Waals surface area contributed by atoms with Crippen LogP contribution in [0.4, 0.5) is 11.4 Å². The minimum Gasteiger partial charge on any atom is -0.366 e. The van der Waals surface area contributed by atoms with Gasteiger partial charge < -0.3 is 16.4 Å². The standard InChI is InChI=1S/C17H14N4O5S/c18-9-11(10-20-15-4-2-1-3-14(15)16(19)22)17(23)21-12-5-7-13(8-6-12)27(24,25)26/h1-8,10,20H,(H2,19,22)(H,21,23)(H,24,25,26)/b11-10-. The highest BCUT2D eigenvalue weighted by Gasteiger charge is 2.13. The molecule has 2 aromatic rings. The first kappa shape index (κ1) is 19.6. The van der Waals surface area contributed by atoms with E-state index in [0.717, 1.165) is 18.3 Å². The summed E-state index contributed by atoms with van der Waals surface area (Å²) in [4.78, 5) is 23.2. The van der Waals surface area contributed by atoms with E-state index in [0.29, 0.717) is 5.69 Å². The van der Waals surface area contributed by atoms with Crippen molar-refractivity contribution in [3.05, 3.63) is 65.9 Å². The van der Waals surface area contributed by atoms with Crippen LogP contribution in [0.5, 0.6) is 0 Å².